The average Bonchev–Trinajstić information content (AvgIpc) is 2.65. The van der Waals surface area contributed by atoms with E-state index in [2.05, 4.69) is 26.1 Å². The molecule has 4 heteroatoms. The Balaban J connectivity index is 1.72. The van der Waals surface area contributed by atoms with E-state index in [9.17, 15) is 9.90 Å². The molecule has 2 N–H and O–H groups in total. The molecule has 1 unspecified atom stereocenters. The monoisotopic (exact) mass is 367 g/mol. The Morgan fingerprint density at radius 2 is 1.89 bits per heavy atom. The molecule has 0 saturated carbocycles. The van der Waals surface area contributed by atoms with Crippen molar-refractivity contribution in [1.29, 1.82) is 0 Å². The highest BCUT2D eigenvalue weighted by atomic mass is 16.5. The summed E-state index contributed by atoms with van der Waals surface area (Å²) in [5, 5.41) is 14.1. The van der Waals surface area contributed by atoms with E-state index < -0.39 is 5.60 Å². The number of methoxy groups -OCH3 is 1. The van der Waals surface area contributed by atoms with Gasteiger partial charge in [-0.3, -0.25) is 4.79 Å². The van der Waals surface area contributed by atoms with Crippen molar-refractivity contribution in [3.05, 3.63) is 64.7 Å². The lowest BCUT2D eigenvalue weighted by Gasteiger charge is -2.35. The van der Waals surface area contributed by atoms with Gasteiger partial charge in [-0.1, -0.05) is 39.0 Å². The van der Waals surface area contributed by atoms with Gasteiger partial charge in [-0.2, -0.15) is 0 Å². The fourth-order valence-corrected chi connectivity index (χ4v) is 3.70. The molecule has 2 aromatic carbocycles. The molecule has 0 aliphatic heterocycles. The molecule has 0 heterocycles. The first-order valence-corrected chi connectivity index (χ1v) is 9.51. The van der Waals surface area contributed by atoms with Gasteiger partial charge in [0, 0.05) is 5.56 Å². The lowest BCUT2D eigenvalue weighted by Crippen LogP contribution is -2.43. The predicted molar refractivity (Wildman–Crippen MR) is 107 cm³/mol. The van der Waals surface area contributed by atoms with Crippen LogP contribution in [0.3, 0.4) is 0 Å². The summed E-state index contributed by atoms with van der Waals surface area (Å²) in [6, 6.07) is 13.4. The number of benzene rings is 2. The van der Waals surface area contributed by atoms with Gasteiger partial charge in [-0.15, -0.1) is 0 Å². The minimum absolute atomic E-state index is 0.0526. The van der Waals surface area contributed by atoms with Crippen molar-refractivity contribution >= 4 is 5.91 Å². The van der Waals surface area contributed by atoms with Crippen LogP contribution in [0.25, 0.3) is 0 Å². The van der Waals surface area contributed by atoms with Crippen LogP contribution >= 0.6 is 0 Å². The van der Waals surface area contributed by atoms with Crippen LogP contribution in [0, 0.1) is 0 Å². The van der Waals surface area contributed by atoms with Crippen LogP contribution in [0.1, 0.15) is 60.7 Å². The molecule has 0 radical (unpaired) electrons. The van der Waals surface area contributed by atoms with E-state index >= 15 is 0 Å². The minimum Gasteiger partial charge on any atom is -0.497 e. The number of ether oxygens (including phenoxy) is 1. The third kappa shape index (κ3) is 4.16. The summed E-state index contributed by atoms with van der Waals surface area (Å²) >= 11 is 0. The van der Waals surface area contributed by atoms with Crippen LogP contribution < -0.4 is 10.1 Å². The molecule has 0 spiro atoms. The standard InChI is InChI=1S/C23H29NO3/c1-22(2,3)18-9-7-16(8-10-18)21(25)24-15-23(26)13-5-6-17-14-19(27-4)11-12-20(17)23/h7-12,14,26H,5-6,13,15H2,1-4H3,(H,24,25). The molecule has 0 bridgehead atoms. The summed E-state index contributed by atoms with van der Waals surface area (Å²) in [4.78, 5) is 12.6. The highest BCUT2D eigenvalue weighted by Gasteiger charge is 2.35. The Kier molecular flexibility index (Phi) is 5.29. The van der Waals surface area contributed by atoms with E-state index in [1.54, 1.807) is 7.11 Å². The first kappa shape index (κ1) is 19.4. The minimum atomic E-state index is -1.04. The normalized spacial score (nSPS) is 19.3. The lowest BCUT2D eigenvalue weighted by molar-refractivity contribution is 0.0189. The second kappa shape index (κ2) is 7.35. The van der Waals surface area contributed by atoms with Crippen molar-refractivity contribution in [2.24, 2.45) is 0 Å². The quantitative estimate of drug-likeness (QED) is 0.860. The van der Waals surface area contributed by atoms with E-state index in [0.29, 0.717) is 12.0 Å². The Morgan fingerprint density at radius 1 is 1.19 bits per heavy atom. The average molecular weight is 367 g/mol. The third-order valence-corrected chi connectivity index (χ3v) is 5.40. The summed E-state index contributed by atoms with van der Waals surface area (Å²) in [7, 11) is 1.64. The van der Waals surface area contributed by atoms with Gasteiger partial charge in [0.25, 0.3) is 5.91 Å². The maximum atomic E-state index is 12.6. The first-order valence-electron chi connectivity index (χ1n) is 9.51. The summed E-state index contributed by atoms with van der Waals surface area (Å²) in [6.07, 6.45) is 2.43. The van der Waals surface area contributed by atoms with Gasteiger partial charge in [0.05, 0.1) is 13.7 Å². The second-order valence-corrected chi connectivity index (χ2v) is 8.42. The van der Waals surface area contributed by atoms with Gasteiger partial charge >= 0.3 is 0 Å². The molecular formula is C23H29NO3. The fraction of sp³-hybridized carbons (Fsp3) is 0.435. The molecule has 3 rings (SSSR count). The first-order chi connectivity index (χ1) is 12.7. The van der Waals surface area contributed by atoms with E-state index in [1.807, 2.05) is 42.5 Å². The molecule has 144 valence electrons. The molecule has 2 aromatic rings. The number of hydrogen-bond acceptors (Lipinski definition) is 3. The summed E-state index contributed by atoms with van der Waals surface area (Å²) < 4.78 is 5.29. The molecule has 0 fully saturated rings. The van der Waals surface area contributed by atoms with Gasteiger partial charge in [0.1, 0.15) is 11.4 Å². The SMILES string of the molecule is COc1ccc2c(c1)CCCC2(O)CNC(=O)c1ccc(C(C)(C)C)cc1. The topological polar surface area (TPSA) is 58.6 Å². The van der Waals surface area contributed by atoms with E-state index in [0.717, 1.165) is 29.7 Å². The molecule has 27 heavy (non-hydrogen) atoms. The van der Waals surface area contributed by atoms with Crippen LogP contribution in [0.2, 0.25) is 0 Å². The van der Waals surface area contributed by atoms with Crippen molar-refractivity contribution < 1.29 is 14.6 Å². The van der Waals surface area contributed by atoms with Gasteiger partial charge in [0.2, 0.25) is 0 Å². The third-order valence-electron chi connectivity index (χ3n) is 5.40. The summed E-state index contributed by atoms with van der Waals surface area (Å²) in [5.74, 6) is 0.630. The highest BCUT2D eigenvalue weighted by Crippen LogP contribution is 2.36. The Hall–Kier alpha value is -2.33. The second-order valence-electron chi connectivity index (χ2n) is 8.42. The molecule has 0 aromatic heterocycles. The fourth-order valence-electron chi connectivity index (χ4n) is 3.70. The van der Waals surface area contributed by atoms with Crippen molar-refractivity contribution in [3.63, 3.8) is 0 Å². The molecule has 1 aliphatic rings. The van der Waals surface area contributed by atoms with Gasteiger partial charge in [-0.25, -0.2) is 0 Å². The van der Waals surface area contributed by atoms with Crippen molar-refractivity contribution in [2.75, 3.05) is 13.7 Å². The molecule has 1 amide bonds. The molecule has 1 aliphatic carbocycles. The van der Waals surface area contributed by atoms with Gasteiger partial charge < -0.3 is 15.2 Å². The Bertz CT molecular complexity index is 821. The predicted octanol–water partition coefficient (Wildman–Crippen LogP) is 3.95. The van der Waals surface area contributed by atoms with E-state index in [1.165, 1.54) is 5.56 Å². The lowest BCUT2D eigenvalue weighted by atomic mass is 9.79. The van der Waals surface area contributed by atoms with E-state index in [-0.39, 0.29) is 17.9 Å². The Labute approximate surface area is 161 Å². The van der Waals surface area contributed by atoms with Crippen molar-refractivity contribution in [2.45, 2.75) is 51.0 Å². The van der Waals surface area contributed by atoms with E-state index in [4.69, 9.17) is 4.74 Å². The van der Waals surface area contributed by atoms with Crippen LogP contribution in [0.5, 0.6) is 5.75 Å². The van der Waals surface area contributed by atoms with Gasteiger partial charge in [-0.05, 0) is 65.6 Å². The smallest absolute Gasteiger partial charge is 0.251 e. The highest BCUT2D eigenvalue weighted by molar-refractivity contribution is 5.94. The Morgan fingerprint density at radius 3 is 2.52 bits per heavy atom. The van der Waals surface area contributed by atoms with Crippen LogP contribution in [-0.2, 0) is 17.4 Å². The maximum Gasteiger partial charge on any atom is 0.251 e. The summed E-state index contributed by atoms with van der Waals surface area (Å²) in [6.45, 7) is 6.64. The van der Waals surface area contributed by atoms with Gasteiger partial charge in [0.15, 0.2) is 0 Å². The maximum absolute atomic E-state index is 12.6. The van der Waals surface area contributed by atoms with Crippen LogP contribution in [-0.4, -0.2) is 24.7 Å². The summed E-state index contributed by atoms with van der Waals surface area (Å²) in [5.41, 5.74) is 2.78. The molecular weight excluding hydrogens is 338 g/mol. The number of fused-ring (bicyclic) bond motifs is 1. The number of aliphatic hydroxyl groups is 1. The van der Waals surface area contributed by atoms with Crippen LogP contribution in [0.4, 0.5) is 0 Å². The van der Waals surface area contributed by atoms with Crippen LogP contribution in [0.15, 0.2) is 42.5 Å². The molecule has 1 atom stereocenters. The van der Waals surface area contributed by atoms with Crippen molar-refractivity contribution in [1.82, 2.24) is 5.32 Å². The number of aryl methyl sites for hydroxylation is 1. The number of rotatable bonds is 4. The molecule has 4 nitrogen and oxygen atoms in total. The number of carbonyl (C=O) groups excluding carboxylic acids is 1. The number of nitrogens with one attached hydrogen (secondary N) is 1. The number of hydrogen-bond donors (Lipinski definition) is 2. The largest absolute Gasteiger partial charge is 0.497 e. The van der Waals surface area contributed by atoms with Crippen molar-refractivity contribution in [3.8, 4) is 5.75 Å². The zero-order valence-electron chi connectivity index (χ0n) is 16.6. The number of amides is 1. The zero-order valence-corrected chi connectivity index (χ0v) is 16.6. The zero-order chi connectivity index (χ0) is 19.7. The number of carbonyl (C=O) groups is 1. The molecule has 0 saturated heterocycles.